The molecule has 0 bridgehead atoms. The Morgan fingerprint density at radius 3 is 2.74 bits per heavy atom. The van der Waals surface area contributed by atoms with E-state index in [1.165, 1.54) is 34.4 Å². The number of fused-ring (bicyclic) bond motifs is 1. The lowest BCUT2D eigenvalue weighted by atomic mass is 10.1. The van der Waals surface area contributed by atoms with Crippen molar-refractivity contribution in [2.24, 2.45) is 0 Å². The van der Waals surface area contributed by atoms with Crippen molar-refractivity contribution in [2.45, 2.75) is 20.3 Å². The zero-order chi connectivity index (χ0) is 22.5. The van der Waals surface area contributed by atoms with Crippen LogP contribution in [-0.2, 0) is 4.79 Å². The molecule has 31 heavy (non-hydrogen) atoms. The second-order valence-corrected chi connectivity index (χ2v) is 8.89. The van der Waals surface area contributed by atoms with Gasteiger partial charge in [0.25, 0.3) is 11.6 Å². The quantitative estimate of drug-likeness (QED) is 0.331. The summed E-state index contributed by atoms with van der Waals surface area (Å²) >= 11 is 1.52. The maximum atomic E-state index is 13.1. The van der Waals surface area contributed by atoms with Gasteiger partial charge >= 0.3 is 0 Å². The highest BCUT2D eigenvalue weighted by Gasteiger charge is 2.19. The SMILES string of the molecule is Cc1cc(C)c2sc(N(CCC[NH+](C)C)C(=O)C=Cc3cccc([N+](=O)[O-])c3)nc2c1. The van der Waals surface area contributed by atoms with Gasteiger partial charge in [0.15, 0.2) is 5.13 Å². The summed E-state index contributed by atoms with van der Waals surface area (Å²) in [7, 11) is 4.16. The van der Waals surface area contributed by atoms with E-state index in [-0.39, 0.29) is 11.6 Å². The van der Waals surface area contributed by atoms with E-state index in [1.54, 1.807) is 23.1 Å². The monoisotopic (exact) mass is 439 g/mol. The Kier molecular flexibility index (Phi) is 7.14. The molecule has 0 atom stereocenters. The lowest BCUT2D eigenvalue weighted by Crippen LogP contribution is -3.05. The van der Waals surface area contributed by atoms with Crippen LogP contribution in [-0.4, -0.2) is 43.0 Å². The summed E-state index contributed by atoms with van der Waals surface area (Å²) in [5.74, 6) is -0.186. The van der Waals surface area contributed by atoms with Crippen molar-refractivity contribution in [3.63, 3.8) is 0 Å². The fraction of sp³-hybridized carbons (Fsp3) is 0.304. The van der Waals surface area contributed by atoms with Crippen molar-refractivity contribution in [1.29, 1.82) is 0 Å². The molecule has 8 heteroatoms. The number of benzene rings is 2. The van der Waals surface area contributed by atoms with Crippen LogP contribution >= 0.6 is 11.3 Å². The molecule has 0 radical (unpaired) electrons. The minimum Gasteiger partial charge on any atom is -0.340 e. The van der Waals surface area contributed by atoms with Gasteiger partial charge < -0.3 is 4.90 Å². The molecule has 0 aliphatic heterocycles. The zero-order valence-corrected chi connectivity index (χ0v) is 19.0. The van der Waals surface area contributed by atoms with Gasteiger partial charge in [0.05, 0.1) is 35.8 Å². The van der Waals surface area contributed by atoms with Crippen molar-refractivity contribution in [2.75, 3.05) is 32.1 Å². The molecule has 0 aliphatic rings. The van der Waals surface area contributed by atoms with Crippen molar-refractivity contribution in [3.8, 4) is 0 Å². The molecule has 162 valence electrons. The van der Waals surface area contributed by atoms with Gasteiger partial charge in [0.2, 0.25) is 0 Å². The molecule has 2 aromatic carbocycles. The molecule has 0 spiro atoms. The van der Waals surface area contributed by atoms with Crippen LogP contribution in [0.1, 0.15) is 23.1 Å². The highest BCUT2D eigenvalue weighted by atomic mass is 32.1. The largest absolute Gasteiger partial charge is 0.340 e. The summed E-state index contributed by atoms with van der Waals surface area (Å²) in [5, 5.41) is 11.7. The first-order chi connectivity index (χ1) is 14.7. The number of hydrogen-bond donors (Lipinski definition) is 1. The highest BCUT2D eigenvalue weighted by Crippen LogP contribution is 2.32. The van der Waals surface area contributed by atoms with Crippen LogP contribution in [0.5, 0.6) is 0 Å². The number of nitrogens with one attached hydrogen (secondary N) is 1. The molecule has 1 N–H and O–H groups in total. The fourth-order valence-electron chi connectivity index (χ4n) is 3.37. The molecule has 0 fully saturated rings. The molecule has 1 amide bonds. The van der Waals surface area contributed by atoms with Crippen LogP contribution in [0.25, 0.3) is 16.3 Å². The predicted octanol–water partition coefficient (Wildman–Crippen LogP) is 3.40. The van der Waals surface area contributed by atoms with Crippen LogP contribution in [0.3, 0.4) is 0 Å². The van der Waals surface area contributed by atoms with Gasteiger partial charge in [-0.05, 0) is 42.7 Å². The Morgan fingerprint density at radius 2 is 2.03 bits per heavy atom. The predicted molar refractivity (Wildman–Crippen MR) is 126 cm³/mol. The lowest BCUT2D eigenvalue weighted by Gasteiger charge is -2.18. The third-order valence-corrected chi connectivity index (χ3v) is 6.09. The maximum absolute atomic E-state index is 13.1. The van der Waals surface area contributed by atoms with E-state index in [1.807, 2.05) is 13.0 Å². The Morgan fingerprint density at radius 1 is 1.26 bits per heavy atom. The first-order valence-corrected chi connectivity index (χ1v) is 11.0. The standard InChI is InChI=1S/C23H26N4O3S/c1-16-13-17(2)22-20(14-16)24-23(31-22)26(12-6-11-25(3)4)21(28)10-9-18-7-5-8-19(15-18)27(29)30/h5,7-10,13-15H,6,11-12H2,1-4H3/p+1. The van der Waals surface area contributed by atoms with Crippen LogP contribution in [0, 0.1) is 24.0 Å². The van der Waals surface area contributed by atoms with Crippen molar-refractivity contribution in [1.82, 2.24) is 4.98 Å². The minimum absolute atomic E-state index is 0.00238. The summed E-state index contributed by atoms with van der Waals surface area (Å²) in [5.41, 5.74) is 3.79. The summed E-state index contributed by atoms with van der Waals surface area (Å²) in [6.45, 7) is 5.58. The Hall–Kier alpha value is -3.10. The highest BCUT2D eigenvalue weighted by molar-refractivity contribution is 7.22. The maximum Gasteiger partial charge on any atom is 0.270 e. The van der Waals surface area contributed by atoms with Gasteiger partial charge in [-0.2, -0.15) is 0 Å². The average molecular weight is 440 g/mol. The van der Waals surface area contributed by atoms with Gasteiger partial charge in [0, 0.05) is 31.2 Å². The van der Waals surface area contributed by atoms with Gasteiger partial charge in [-0.15, -0.1) is 0 Å². The van der Waals surface area contributed by atoms with E-state index in [0.29, 0.717) is 17.2 Å². The van der Waals surface area contributed by atoms with Crippen molar-refractivity contribution >= 4 is 44.4 Å². The topological polar surface area (TPSA) is 80.8 Å². The van der Waals surface area contributed by atoms with E-state index in [2.05, 4.69) is 27.1 Å². The van der Waals surface area contributed by atoms with Gasteiger partial charge in [-0.25, -0.2) is 4.98 Å². The number of nitro benzene ring substituents is 1. The summed E-state index contributed by atoms with van der Waals surface area (Å²) < 4.78 is 1.08. The third-order valence-electron chi connectivity index (χ3n) is 4.86. The second-order valence-electron chi connectivity index (χ2n) is 7.91. The summed E-state index contributed by atoms with van der Waals surface area (Å²) in [6.07, 6.45) is 3.92. The normalized spacial score (nSPS) is 11.5. The van der Waals surface area contributed by atoms with Crippen molar-refractivity contribution in [3.05, 3.63) is 69.3 Å². The van der Waals surface area contributed by atoms with E-state index < -0.39 is 4.92 Å². The van der Waals surface area contributed by atoms with Crippen LogP contribution < -0.4 is 9.80 Å². The number of carbonyl (C=O) groups excluding carboxylic acids is 1. The summed E-state index contributed by atoms with van der Waals surface area (Å²) in [6, 6.07) is 10.4. The van der Waals surface area contributed by atoms with Crippen molar-refractivity contribution < 1.29 is 14.6 Å². The molecule has 3 aromatic rings. The molecule has 7 nitrogen and oxygen atoms in total. The van der Waals surface area contributed by atoms with E-state index in [4.69, 9.17) is 4.98 Å². The molecule has 0 saturated carbocycles. The number of rotatable bonds is 8. The Balaban J connectivity index is 1.89. The number of hydrogen-bond acceptors (Lipinski definition) is 5. The van der Waals surface area contributed by atoms with Crippen LogP contribution in [0.2, 0.25) is 0 Å². The lowest BCUT2D eigenvalue weighted by molar-refractivity contribution is -0.858. The van der Waals surface area contributed by atoms with Crippen LogP contribution in [0.4, 0.5) is 10.8 Å². The summed E-state index contributed by atoms with van der Waals surface area (Å²) in [4.78, 5) is 31.4. The first kappa shape index (κ1) is 22.6. The Bertz CT molecular complexity index is 1140. The zero-order valence-electron chi connectivity index (χ0n) is 18.2. The molecule has 1 aromatic heterocycles. The smallest absolute Gasteiger partial charge is 0.270 e. The number of anilines is 1. The fourth-order valence-corrected chi connectivity index (χ4v) is 4.42. The number of non-ortho nitro benzene ring substituents is 1. The molecule has 0 unspecified atom stereocenters. The molecular weight excluding hydrogens is 412 g/mol. The number of thiazole rings is 1. The second kappa shape index (κ2) is 9.80. The van der Waals surface area contributed by atoms with Gasteiger partial charge in [0.1, 0.15) is 0 Å². The number of aromatic nitrogens is 1. The number of quaternary nitrogens is 1. The number of nitrogens with zero attached hydrogens (tertiary/aromatic N) is 3. The van der Waals surface area contributed by atoms with E-state index in [9.17, 15) is 14.9 Å². The molecule has 0 aliphatic carbocycles. The molecule has 0 saturated heterocycles. The number of nitro groups is 1. The van der Waals surface area contributed by atoms with E-state index >= 15 is 0 Å². The van der Waals surface area contributed by atoms with E-state index in [0.717, 1.165) is 34.3 Å². The average Bonchev–Trinajstić information content (AvgIpc) is 3.13. The molecule has 3 rings (SSSR count). The Labute approximate surface area is 185 Å². The number of carbonyl (C=O) groups is 1. The third kappa shape index (κ3) is 5.74. The molecule has 1 heterocycles. The van der Waals surface area contributed by atoms with Gasteiger partial charge in [-0.1, -0.05) is 29.5 Å². The first-order valence-electron chi connectivity index (χ1n) is 10.2. The minimum atomic E-state index is -0.444. The van der Waals surface area contributed by atoms with Gasteiger partial charge in [-0.3, -0.25) is 19.8 Å². The molecular formula is C23H27N4O3S+. The number of amides is 1. The van der Waals surface area contributed by atoms with Crippen LogP contribution in [0.15, 0.2) is 42.5 Å². The number of aryl methyl sites for hydroxylation is 2.